The molecule has 0 aliphatic carbocycles. The molecule has 0 rings (SSSR count). The van der Waals surface area contributed by atoms with Gasteiger partial charge in [-0.2, -0.15) is 0 Å². The lowest BCUT2D eigenvalue weighted by atomic mass is 10.5. The van der Waals surface area contributed by atoms with Gasteiger partial charge in [-0.1, -0.05) is 15.9 Å². The first-order valence-corrected chi connectivity index (χ1v) is 3.03. The molecule has 0 aliphatic rings. The topological polar surface area (TPSA) is 38.0 Å². The minimum atomic E-state index is 0.894. The van der Waals surface area contributed by atoms with Crippen LogP contribution in [0.4, 0.5) is 0 Å². The molecule has 0 unspecified atom stereocenters. The van der Waals surface area contributed by atoms with Crippen LogP contribution in [-0.2, 0) is 0 Å². The lowest BCUT2D eigenvalue weighted by molar-refractivity contribution is 0.720. The van der Waals surface area contributed by atoms with Gasteiger partial charge in [-0.25, -0.2) is 0 Å². The molecule has 3 heteroatoms. The number of nitrogens with one attached hydrogen (secondary N) is 1. The van der Waals surface area contributed by atoms with Crippen molar-refractivity contribution in [1.82, 2.24) is 5.43 Å². The van der Waals surface area contributed by atoms with Crippen LogP contribution in [0.5, 0.6) is 0 Å². The highest BCUT2D eigenvalue weighted by atomic mass is 79.9. The van der Waals surface area contributed by atoms with Crippen molar-refractivity contribution in [3.05, 3.63) is 0 Å². The van der Waals surface area contributed by atoms with Crippen molar-refractivity contribution < 1.29 is 0 Å². The summed E-state index contributed by atoms with van der Waals surface area (Å²) in [4.78, 5) is 0. The van der Waals surface area contributed by atoms with E-state index in [9.17, 15) is 0 Å². The summed E-state index contributed by atoms with van der Waals surface area (Å²) in [6.45, 7) is 0.894. The first kappa shape index (κ1) is 6.40. The van der Waals surface area contributed by atoms with E-state index >= 15 is 0 Å². The van der Waals surface area contributed by atoms with Gasteiger partial charge >= 0.3 is 0 Å². The zero-order valence-electron chi connectivity index (χ0n) is 3.58. The maximum atomic E-state index is 4.94. The van der Waals surface area contributed by atoms with Gasteiger partial charge in [0.1, 0.15) is 0 Å². The third-order valence-corrected chi connectivity index (χ3v) is 1.02. The Balaban J connectivity index is 2.34. The van der Waals surface area contributed by atoms with Crippen LogP contribution in [0, 0.1) is 0 Å². The van der Waals surface area contributed by atoms with Gasteiger partial charge in [0.25, 0.3) is 0 Å². The van der Waals surface area contributed by atoms with E-state index in [4.69, 9.17) is 5.84 Å². The Morgan fingerprint density at radius 3 is 2.50 bits per heavy atom. The summed E-state index contributed by atoms with van der Waals surface area (Å²) >= 11 is 3.25. The molecule has 0 aliphatic heterocycles. The van der Waals surface area contributed by atoms with Crippen molar-refractivity contribution in [3.63, 3.8) is 0 Å². The van der Waals surface area contributed by atoms with E-state index in [0.29, 0.717) is 0 Å². The Hall–Kier alpha value is 0.400. The van der Waals surface area contributed by atoms with Crippen LogP contribution in [0.3, 0.4) is 0 Å². The molecular formula is C3H9BrN2. The summed E-state index contributed by atoms with van der Waals surface area (Å²) < 4.78 is 0. The SMILES string of the molecule is NNCCCBr. The van der Waals surface area contributed by atoms with Gasteiger partial charge in [-0.15, -0.1) is 0 Å². The summed E-state index contributed by atoms with van der Waals surface area (Å²) in [6, 6.07) is 0. The second-order valence-electron chi connectivity index (χ2n) is 0.997. The average Bonchev–Trinajstić information content (AvgIpc) is 1.61. The van der Waals surface area contributed by atoms with E-state index in [-0.39, 0.29) is 0 Å². The molecular weight excluding hydrogens is 144 g/mol. The van der Waals surface area contributed by atoms with Crippen molar-refractivity contribution in [2.45, 2.75) is 6.42 Å². The molecule has 2 nitrogen and oxygen atoms in total. The molecule has 3 N–H and O–H groups in total. The zero-order valence-corrected chi connectivity index (χ0v) is 5.16. The number of nitrogens with two attached hydrogens (primary N) is 1. The lowest BCUT2D eigenvalue weighted by Crippen LogP contribution is -2.22. The summed E-state index contributed by atoms with van der Waals surface area (Å²) in [7, 11) is 0. The average molecular weight is 153 g/mol. The highest BCUT2D eigenvalue weighted by molar-refractivity contribution is 9.09. The van der Waals surface area contributed by atoms with Crippen LogP contribution in [0.2, 0.25) is 0 Å². The monoisotopic (exact) mass is 152 g/mol. The predicted molar refractivity (Wildman–Crippen MR) is 30.6 cm³/mol. The third-order valence-electron chi connectivity index (χ3n) is 0.455. The number of hydrogen-bond donors (Lipinski definition) is 2. The van der Waals surface area contributed by atoms with Crippen LogP contribution in [0.15, 0.2) is 0 Å². The highest BCUT2D eigenvalue weighted by Gasteiger charge is 1.75. The quantitative estimate of drug-likeness (QED) is 0.263. The van der Waals surface area contributed by atoms with Gasteiger partial charge in [0, 0.05) is 11.9 Å². The van der Waals surface area contributed by atoms with E-state index in [2.05, 4.69) is 21.4 Å². The van der Waals surface area contributed by atoms with Gasteiger partial charge < -0.3 is 0 Å². The van der Waals surface area contributed by atoms with E-state index in [1.165, 1.54) is 0 Å². The van der Waals surface area contributed by atoms with Crippen molar-refractivity contribution >= 4 is 15.9 Å². The number of alkyl halides is 1. The number of rotatable bonds is 3. The fourth-order valence-corrected chi connectivity index (χ4v) is 0.449. The second-order valence-corrected chi connectivity index (χ2v) is 1.79. The molecule has 6 heavy (non-hydrogen) atoms. The van der Waals surface area contributed by atoms with Crippen LogP contribution < -0.4 is 11.3 Å². The maximum Gasteiger partial charge on any atom is 0.0105 e. The zero-order chi connectivity index (χ0) is 4.83. The first-order chi connectivity index (χ1) is 2.91. The molecule has 0 aromatic heterocycles. The van der Waals surface area contributed by atoms with Crippen molar-refractivity contribution in [2.24, 2.45) is 5.84 Å². The normalized spacial score (nSPS) is 9.00. The Labute approximate surface area is 46.2 Å². The van der Waals surface area contributed by atoms with Crippen LogP contribution >= 0.6 is 15.9 Å². The van der Waals surface area contributed by atoms with Gasteiger partial charge in [0.15, 0.2) is 0 Å². The van der Waals surface area contributed by atoms with Crippen LogP contribution in [-0.4, -0.2) is 11.9 Å². The van der Waals surface area contributed by atoms with E-state index < -0.39 is 0 Å². The summed E-state index contributed by atoms with van der Waals surface area (Å²) in [6.07, 6.45) is 1.09. The predicted octanol–water partition coefficient (Wildman–Crippen LogP) is 0.235. The fourth-order valence-electron chi connectivity index (χ4n) is 0.169. The smallest absolute Gasteiger partial charge is 0.0105 e. The van der Waals surface area contributed by atoms with Gasteiger partial charge in [-0.05, 0) is 6.42 Å². The van der Waals surface area contributed by atoms with Gasteiger partial charge in [0.2, 0.25) is 0 Å². The molecule has 0 saturated heterocycles. The summed E-state index contributed by atoms with van der Waals surface area (Å²) in [5.41, 5.74) is 2.54. The molecule has 0 fully saturated rings. The standard InChI is InChI=1S/C3H9BrN2/c4-2-1-3-6-5/h6H,1-3,5H2. The lowest BCUT2D eigenvalue weighted by Gasteiger charge is -1.89. The molecule has 0 heterocycles. The number of hydrazine groups is 1. The minimum Gasteiger partial charge on any atom is -0.271 e. The molecule has 0 aromatic carbocycles. The molecule has 38 valence electrons. The molecule has 0 radical (unpaired) electrons. The Morgan fingerprint density at radius 1 is 1.67 bits per heavy atom. The van der Waals surface area contributed by atoms with Crippen molar-refractivity contribution in [2.75, 3.05) is 11.9 Å². The maximum absolute atomic E-state index is 4.94. The first-order valence-electron chi connectivity index (χ1n) is 1.91. The highest BCUT2D eigenvalue weighted by Crippen LogP contribution is 1.81. The molecule has 0 aromatic rings. The van der Waals surface area contributed by atoms with Crippen LogP contribution in [0.25, 0.3) is 0 Å². The van der Waals surface area contributed by atoms with E-state index in [1.54, 1.807) is 0 Å². The minimum absolute atomic E-state index is 0.894. The summed E-state index contributed by atoms with van der Waals surface area (Å²) in [5.74, 6) is 4.94. The Bertz CT molecular complexity index is 20.8. The van der Waals surface area contributed by atoms with Gasteiger partial charge in [0.05, 0.1) is 0 Å². The number of halogens is 1. The molecule has 0 atom stereocenters. The van der Waals surface area contributed by atoms with Crippen molar-refractivity contribution in [1.29, 1.82) is 0 Å². The van der Waals surface area contributed by atoms with Crippen molar-refractivity contribution in [3.8, 4) is 0 Å². The second kappa shape index (κ2) is 5.40. The Kier molecular flexibility index (Phi) is 5.76. The van der Waals surface area contributed by atoms with Gasteiger partial charge in [-0.3, -0.25) is 11.3 Å². The fraction of sp³-hybridized carbons (Fsp3) is 1.00. The van der Waals surface area contributed by atoms with Crippen LogP contribution in [0.1, 0.15) is 6.42 Å². The van der Waals surface area contributed by atoms with E-state index in [0.717, 1.165) is 18.3 Å². The molecule has 0 amide bonds. The Morgan fingerprint density at radius 2 is 2.33 bits per heavy atom. The largest absolute Gasteiger partial charge is 0.271 e. The van der Waals surface area contributed by atoms with E-state index in [1.807, 2.05) is 0 Å². The summed E-state index contributed by atoms with van der Waals surface area (Å²) in [5, 5.41) is 1.02. The third kappa shape index (κ3) is 4.40. The molecule has 0 saturated carbocycles. The number of hydrogen-bond acceptors (Lipinski definition) is 2. The molecule has 0 bridgehead atoms. The molecule has 0 spiro atoms.